The molecule has 0 aromatic carbocycles. The van der Waals surface area contributed by atoms with Crippen LogP contribution in [-0.2, 0) is 9.47 Å². The molecule has 118 valence electrons. The van der Waals surface area contributed by atoms with E-state index in [-0.39, 0.29) is 6.61 Å². The molecule has 1 atom stereocenters. The SMILES string of the molecule is CC1=CC2(CC(C)(C)C1(O)/C=C/C(C)=C\CO)OCCO2. The van der Waals surface area contributed by atoms with Crippen molar-refractivity contribution in [3.63, 3.8) is 0 Å². The van der Waals surface area contributed by atoms with E-state index in [1.165, 1.54) is 0 Å². The third kappa shape index (κ3) is 2.99. The molecule has 0 amide bonds. The van der Waals surface area contributed by atoms with Crippen LogP contribution in [0.2, 0.25) is 0 Å². The molecule has 4 nitrogen and oxygen atoms in total. The highest BCUT2D eigenvalue weighted by Crippen LogP contribution is 2.50. The van der Waals surface area contributed by atoms with Crippen LogP contribution in [0.15, 0.2) is 35.5 Å². The van der Waals surface area contributed by atoms with E-state index in [0.717, 1.165) is 11.1 Å². The number of rotatable bonds is 3. The van der Waals surface area contributed by atoms with Crippen LogP contribution in [0.25, 0.3) is 0 Å². The van der Waals surface area contributed by atoms with Gasteiger partial charge in [-0.25, -0.2) is 0 Å². The van der Waals surface area contributed by atoms with Crippen LogP contribution < -0.4 is 0 Å². The van der Waals surface area contributed by atoms with Gasteiger partial charge in [-0.05, 0) is 31.6 Å². The van der Waals surface area contributed by atoms with Crippen LogP contribution in [0.4, 0.5) is 0 Å². The Morgan fingerprint density at radius 3 is 2.48 bits per heavy atom. The van der Waals surface area contributed by atoms with Crippen LogP contribution in [0, 0.1) is 5.41 Å². The highest BCUT2D eigenvalue weighted by Gasteiger charge is 2.54. The molecule has 2 N–H and O–H groups in total. The summed E-state index contributed by atoms with van der Waals surface area (Å²) in [7, 11) is 0. The molecule has 0 aromatic heterocycles. The van der Waals surface area contributed by atoms with E-state index in [9.17, 15) is 5.11 Å². The fourth-order valence-electron chi connectivity index (χ4n) is 3.25. The molecular formula is C17H26O4. The normalized spacial score (nSPS) is 31.9. The Hall–Kier alpha value is -0.940. The van der Waals surface area contributed by atoms with E-state index in [0.29, 0.717) is 19.6 Å². The molecule has 2 rings (SSSR count). The van der Waals surface area contributed by atoms with Gasteiger partial charge in [0.05, 0.1) is 19.8 Å². The van der Waals surface area contributed by atoms with Crippen LogP contribution in [0.5, 0.6) is 0 Å². The van der Waals surface area contributed by atoms with E-state index in [2.05, 4.69) is 0 Å². The fraction of sp³-hybridized carbons (Fsp3) is 0.647. The first-order valence-electron chi connectivity index (χ1n) is 7.42. The van der Waals surface area contributed by atoms with Crippen LogP contribution >= 0.6 is 0 Å². The molecular weight excluding hydrogens is 268 g/mol. The van der Waals surface area contributed by atoms with Crippen molar-refractivity contribution >= 4 is 0 Å². The minimum Gasteiger partial charge on any atom is -0.392 e. The monoisotopic (exact) mass is 294 g/mol. The standard InChI is InChI=1S/C17H26O4/c1-13(6-8-18)5-7-17(19)14(2)11-16(12-15(17,3)4)20-9-10-21-16/h5-7,11,18-19H,8-10,12H2,1-4H3/b7-5+,13-6-. The molecule has 2 aliphatic rings. The lowest BCUT2D eigenvalue weighted by molar-refractivity contribution is -0.171. The molecule has 1 fully saturated rings. The van der Waals surface area contributed by atoms with Gasteiger partial charge in [0.2, 0.25) is 0 Å². The summed E-state index contributed by atoms with van der Waals surface area (Å²) in [5.74, 6) is -0.691. The van der Waals surface area contributed by atoms with Crippen molar-refractivity contribution in [1.82, 2.24) is 0 Å². The lowest BCUT2D eigenvalue weighted by atomic mass is 9.63. The Morgan fingerprint density at radius 2 is 1.95 bits per heavy atom. The lowest BCUT2D eigenvalue weighted by Crippen LogP contribution is -2.53. The Morgan fingerprint density at radius 1 is 1.33 bits per heavy atom. The van der Waals surface area contributed by atoms with E-state index < -0.39 is 16.8 Å². The molecule has 1 aliphatic heterocycles. The quantitative estimate of drug-likeness (QED) is 0.619. The molecule has 0 saturated carbocycles. The molecule has 0 radical (unpaired) electrons. The maximum atomic E-state index is 11.2. The molecule has 1 heterocycles. The van der Waals surface area contributed by atoms with Gasteiger partial charge in [0.25, 0.3) is 0 Å². The average molecular weight is 294 g/mol. The molecule has 4 heteroatoms. The number of hydrogen-bond donors (Lipinski definition) is 2. The van der Waals surface area contributed by atoms with Crippen LogP contribution in [0.3, 0.4) is 0 Å². The third-order valence-corrected chi connectivity index (χ3v) is 4.53. The summed E-state index contributed by atoms with van der Waals surface area (Å²) in [5.41, 5.74) is 0.265. The first kappa shape index (κ1) is 16.4. The molecule has 1 saturated heterocycles. The summed E-state index contributed by atoms with van der Waals surface area (Å²) in [5, 5.41) is 20.1. The number of allylic oxidation sites excluding steroid dienone is 2. The van der Waals surface area contributed by atoms with Crippen molar-refractivity contribution < 1.29 is 19.7 Å². The predicted octanol–water partition coefficient (Wildman–Crippen LogP) is 2.33. The summed E-state index contributed by atoms with van der Waals surface area (Å²) in [6.07, 6.45) is 7.87. The van der Waals surface area contributed by atoms with Gasteiger partial charge >= 0.3 is 0 Å². The number of hydrogen-bond acceptors (Lipinski definition) is 4. The van der Waals surface area contributed by atoms with E-state index in [1.807, 2.05) is 45.9 Å². The van der Waals surface area contributed by atoms with Gasteiger partial charge in [0.15, 0.2) is 5.79 Å². The Bertz CT molecular complexity index is 481. The van der Waals surface area contributed by atoms with Crippen molar-refractivity contribution in [3.05, 3.63) is 35.5 Å². The molecule has 1 spiro atoms. The smallest absolute Gasteiger partial charge is 0.188 e. The van der Waals surface area contributed by atoms with Gasteiger partial charge in [-0.1, -0.05) is 31.6 Å². The van der Waals surface area contributed by atoms with Crippen LogP contribution in [0.1, 0.15) is 34.1 Å². The van der Waals surface area contributed by atoms with Crippen molar-refractivity contribution in [1.29, 1.82) is 0 Å². The molecule has 1 aliphatic carbocycles. The maximum absolute atomic E-state index is 11.2. The fourth-order valence-corrected chi connectivity index (χ4v) is 3.25. The highest BCUT2D eigenvalue weighted by atomic mass is 16.7. The number of ether oxygens (including phenoxy) is 2. The molecule has 0 bridgehead atoms. The molecule has 21 heavy (non-hydrogen) atoms. The minimum absolute atomic E-state index is 0.00237. The summed E-state index contributed by atoms with van der Waals surface area (Å²) in [4.78, 5) is 0. The summed E-state index contributed by atoms with van der Waals surface area (Å²) in [6, 6.07) is 0. The first-order valence-corrected chi connectivity index (χ1v) is 7.42. The van der Waals surface area contributed by atoms with Crippen molar-refractivity contribution in [2.45, 2.75) is 45.5 Å². The van der Waals surface area contributed by atoms with E-state index in [1.54, 1.807) is 6.08 Å². The second kappa shape index (κ2) is 5.69. The van der Waals surface area contributed by atoms with Gasteiger partial charge in [-0.15, -0.1) is 0 Å². The summed E-state index contributed by atoms with van der Waals surface area (Å²) < 4.78 is 11.5. The summed E-state index contributed by atoms with van der Waals surface area (Å²) in [6.45, 7) is 9.02. The van der Waals surface area contributed by atoms with E-state index in [4.69, 9.17) is 14.6 Å². The van der Waals surface area contributed by atoms with Gasteiger partial charge in [0.1, 0.15) is 5.60 Å². The largest absolute Gasteiger partial charge is 0.392 e. The molecule has 1 unspecified atom stereocenters. The summed E-state index contributed by atoms with van der Waals surface area (Å²) >= 11 is 0. The highest BCUT2D eigenvalue weighted by molar-refractivity contribution is 5.36. The minimum atomic E-state index is -1.06. The second-order valence-corrected chi connectivity index (χ2v) is 6.63. The molecule has 0 aromatic rings. The van der Waals surface area contributed by atoms with Gasteiger partial charge in [0, 0.05) is 11.8 Å². The van der Waals surface area contributed by atoms with Gasteiger partial charge in [-0.2, -0.15) is 0 Å². The topological polar surface area (TPSA) is 58.9 Å². The Labute approximate surface area is 126 Å². The Balaban J connectivity index is 2.36. The van der Waals surface area contributed by atoms with Gasteiger partial charge in [-0.3, -0.25) is 0 Å². The van der Waals surface area contributed by atoms with Crippen molar-refractivity contribution in [2.24, 2.45) is 5.41 Å². The Kier molecular flexibility index (Phi) is 4.45. The van der Waals surface area contributed by atoms with Crippen molar-refractivity contribution in [2.75, 3.05) is 19.8 Å². The zero-order chi connectivity index (χ0) is 15.7. The first-order chi connectivity index (χ1) is 9.75. The lowest BCUT2D eigenvalue weighted by Gasteiger charge is -2.49. The maximum Gasteiger partial charge on any atom is 0.188 e. The van der Waals surface area contributed by atoms with Crippen molar-refractivity contribution in [3.8, 4) is 0 Å². The van der Waals surface area contributed by atoms with E-state index >= 15 is 0 Å². The zero-order valence-electron chi connectivity index (χ0n) is 13.3. The average Bonchev–Trinajstić information content (AvgIpc) is 2.81. The third-order valence-electron chi connectivity index (χ3n) is 4.53. The predicted molar refractivity (Wildman–Crippen MR) is 81.7 cm³/mol. The zero-order valence-corrected chi connectivity index (χ0v) is 13.3. The number of aliphatic hydroxyl groups is 2. The van der Waals surface area contributed by atoms with Gasteiger partial charge < -0.3 is 19.7 Å². The second-order valence-electron chi connectivity index (χ2n) is 6.63. The van der Waals surface area contributed by atoms with Crippen LogP contribution in [-0.4, -0.2) is 41.4 Å². The number of aliphatic hydroxyl groups excluding tert-OH is 1.